The van der Waals surface area contributed by atoms with Crippen LogP contribution in [0.3, 0.4) is 0 Å². The lowest BCUT2D eigenvalue weighted by Crippen LogP contribution is -2.81. The quantitative estimate of drug-likeness (QED) is 0.648. The summed E-state index contributed by atoms with van der Waals surface area (Å²) in [6.07, 6.45) is 0. The zero-order valence-corrected chi connectivity index (χ0v) is 12.1. The zero-order valence-electron chi connectivity index (χ0n) is 9.10. The summed E-state index contributed by atoms with van der Waals surface area (Å²) in [6.45, 7) is 15.9. The zero-order chi connectivity index (χ0) is 9.52. The Labute approximate surface area is 81.2 Å². The normalized spacial score (nSPS) is 24.5. The third kappa shape index (κ3) is 1.60. The van der Waals surface area contributed by atoms with Crippen LogP contribution in [0.5, 0.6) is 0 Å². The average molecular weight is 217 g/mol. The van der Waals surface area contributed by atoms with Crippen molar-refractivity contribution in [3.05, 3.63) is 0 Å². The SMILES string of the molecule is CCN1[Si](C)N([Si](C)(C)C)[Si]1C. The maximum atomic E-state index is 2.89. The molecule has 12 heavy (non-hydrogen) atoms. The van der Waals surface area contributed by atoms with E-state index < -0.39 is 8.24 Å². The Kier molecular flexibility index (Phi) is 3.00. The van der Waals surface area contributed by atoms with Gasteiger partial charge in [0, 0.05) is 0 Å². The molecule has 0 aromatic carbocycles. The highest BCUT2D eigenvalue weighted by Gasteiger charge is 2.48. The van der Waals surface area contributed by atoms with Gasteiger partial charge in [-0.3, -0.25) is 0 Å². The van der Waals surface area contributed by atoms with Crippen molar-refractivity contribution in [2.45, 2.75) is 39.7 Å². The molecule has 1 aliphatic rings. The summed E-state index contributed by atoms with van der Waals surface area (Å²) in [5, 5.41) is 0. The largest absolute Gasteiger partial charge is 0.345 e. The summed E-state index contributed by atoms with van der Waals surface area (Å²) in [4.78, 5) is 0. The molecule has 5 heteroatoms. The van der Waals surface area contributed by atoms with E-state index in [-0.39, 0.29) is 18.2 Å². The molecule has 1 rings (SSSR count). The smallest absolute Gasteiger partial charge is 0.206 e. The van der Waals surface area contributed by atoms with Crippen LogP contribution in [-0.2, 0) is 0 Å². The minimum Gasteiger partial charge on any atom is -0.345 e. The van der Waals surface area contributed by atoms with Crippen LogP contribution in [0, 0.1) is 0 Å². The summed E-state index contributed by atoms with van der Waals surface area (Å²) in [6, 6.07) is 0. The topological polar surface area (TPSA) is 6.48 Å². The predicted octanol–water partition coefficient (Wildman–Crippen LogP) is 1.69. The first-order valence-electron chi connectivity index (χ1n) is 4.64. The third-order valence-electron chi connectivity index (χ3n) is 2.42. The summed E-state index contributed by atoms with van der Waals surface area (Å²) in [7, 11) is -1.48. The Morgan fingerprint density at radius 3 is 1.75 bits per heavy atom. The minimum absolute atomic E-state index is 0.253. The van der Waals surface area contributed by atoms with E-state index in [1.54, 1.807) is 0 Å². The summed E-state index contributed by atoms with van der Waals surface area (Å²) < 4.78 is 5.64. The molecule has 0 unspecified atom stereocenters. The fraction of sp³-hybridized carbons (Fsp3) is 1.00. The van der Waals surface area contributed by atoms with Crippen LogP contribution < -0.4 is 0 Å². The van der Waals surface area contributed by atoms with Gasteiger partial charge in [0.15, 0.2) is 0 Å². The lowest BCUT2D eigenvalue weighted by Gasteiger charge is -2.58. The van der Waals surface area contributed by atoms with E-state index in [1.165, 1.54) is 6.54 Å². The van der Waals surface area contributed by atoms with Gasteiger partial charge in [-0.25, -0.2) is 0 Å². The number of hydrogen-bond donors (Lipinski definition) is 0. The maximum Gasteiger partial charge on any atom is 0.206 e. The first kappa shape index (κ1) is 10.7. The molecule has 1 saturated heterocycles. The standard InChI is InChI=1S/C7H20N2Si3/c1-7-8-10(2)9(11(8)3)12(4,5)6/h7H2,1-6H3. The monoisotopic (exact) mass is 216 g/mol. The van der Waals surface area contributed by atoms with E-state index in [0.29, 0.717) is 0 Å². The molecule has 0 amide bonds. The molecule has 2 nitrogen and oxygen atoms in total. The Balaban J connectivity index is 2.62. The summed E-state index contributed by atoms with van der Waals surface area (Å²) >= 11 is 0. The molecule has 0 aromatic heterocycles. The van der Waals surface area contributed by atoms with Gasteiger partial charge in [-0.2, -0.15) is 0 Å². The first-order valence-corrected chi connectivity index (χ1v) is 11.9. The highest BCUT2D eigenvalue weighted by molar-refractivity contribution is 7.00. The fourth-order valence-corrected chi connectivity index (χ4v) is 17.0. The molecule has 0 spiro atoms. The van der Waals surface area contributed by atoms with Crippen molar-refractivity contribution in [1.82, 2.24) is 8.13 Å². The van der Waals surface area contributed by atoms with E-state index in [2.05, 4.69) is 47.8 Å². The van der Waals surface area contributed by atoms with Crippen molar-refractivity contribution in [1.29, 1.82) is 0 Å². The van der Waals surface area contributed by atoms with Gasteiger partial charge in [0.1, 0.15) is 8.24 Å². The van der Waals surface area contributed by atoms with Crippen molar-refractivity contribution in [2.75, 3.05) is 6.54 Å². The van der Waals surface area contributed by atoms with Gasteiger partial charge < -0.3 is 8.13 Å². The molecular weight excluding hydrogens is 196 g/mol. The van der Waals surface area contributed by atoms with Crippen molar-refractivity contribution in [3.63, 3.8) is 0 Å². The van der Waals surface area contributed by atoms with Crippen LogP contribution in [0.2, 0.25) is 32.7 Å². The molecule has 2 radical (unpaired) electrons. The summed E-state index contributed by atoms with van der Waals surface area (Å²) in [5.74, 6) is 0. The average Bonchev–Trinajstić information content (AvgIpc) is 1.85. The van der Waals surface area contributed by atoms with Crippen LogP contribution in [0.15, 0.2) is 0 Å². The molecule has 0 aliphatic carbocycles. The molecule has 70 valence electrons. The third-order valence-corrected chi connectivity index (χ3v) is 17.1. The maximum absolute atomic E-state index is 2.89. The molecule has 1 fully saturated rings. The van der Waals surface area contributed by atoms with E-state index in [0.717, 1.165) is 0 Å². The van der Waals surface area contributed by atoms with Gasteiger partial charge in [-0.05, 0) is 19.6 Å². The van der Waals surface area contributed by atoms with Gasteiger partial charge in [-0.1, -0.05) is 26.6 Å². The fourth-order valence-electron chi connectivity index (χ4n) is 2.09. The van der Waals surface area contributed by atoms with E-state index in [9.17, 15) is 0 Å². The van der Waals surface area contributed by atoms with Gasteiger partial charge >= 0.3 is 0 Å². The van der Waals surface area contributed by atoms with Crippen LogP contribution in [0.25, 0.3) is 0 Å². The van der Waals surface area contributed by atoms with Gasteiger partial charge in [0.05, 0.1) is 0 Å². The number of hydrogen-bond acceptors (Lipinski definition) is 2. The highest BCUT2D eigenvalue weighted by atomic mass is 28.5. The van der Waals surface area contributed by atoms with Gasteiger partial charge in [0.2, 0.25) is 18.2 Å². The lowest BCUT2D eigenvalue weighted by molar-refractivity contribution is 0.543. The van der Waals surface area contributed by atoms with Crippen molar-refractivity contribution in [2.24, 2.45) is 0 Å². The second kappa shape index (κ2) is 3.38. The van der Waals surface area contributed by atoms with Crippen molar-refractivity contribution < 1.29 is 0 Å². The van der Waals surface area contributed by atoms with Gasteiger partial charge in [-0.15, -0.1) is 0 Å². The van der Waals surface area contributed by atoms with Crippen molar-refractivity contribution >= 4 is 26.5 Å². The Hall–Kier alpha value is 0.571. The summed E-state index contributed by atoms with van der Waals surface area (Å²) in [5.41, 5.74) is 0. The van der Waals surface area contributed by atoms with Crippen molar-refractivity contribution in [3.8, 4) is 0 Å². The Morgan fingerprint density at radius 1 is 1.08 bits per heavy atom. The van der Waals surface area contributed by atoms with Crippen LogP contribution >= 0.6 is 0 Å². The van der Waals surface area contributed by atoms with E-state index in [1.807, 2.05) is 0 Å². The minimum atomic E-state index is -0.976. The number of nitrogens with zero attached hydrogens (tertiary/aromatic N) is 2. The molecule has 0 aromatic rings. The molecule has 0 bridgehead atoms. The van der Waals surface area contributed by atoms with E-state index in [4.69, 9.17) is 0 Å². The van der Waals surface area contributed by atoms with Crippen LogP contribution in [0.4, 0.5) is 0 Å². The molecular formula is C7H20N2Si3. The van der Waals surface area contributed by atoms with Crippen LogP contribution in [0.1, 0.15) is 6.92 Å². The molecule has 1 aliphatic heterocycles. The second-order valence-electron chi connectivity index (χ2n) is 4.34. The molecule has 0 N–H and O–H groups in total. The Morgan fingerprint density at radius 2 is 1.50 bits per heavy atom. The Bertz CT molecular complexity index is 159. The second-order valence-corrected chi connectivity index (χ2v) is 15.1. The van der Waals surface area contributed by atoms with Gasteiger partial charge in [0.25, 0.3) is 0 Å². The lowest BCUT2D eigenvalue weighted by atomic mass is 10.8. The molecule has 0 atom stereocenters. The van der Waals surface area contributed by atoms with Crippen LogP contribution in [-0.4, -0.2) is 41.1 Å². The number of rotatable bonds is 2. The predicted molar refractivity (Wildman–Crippen MR) is 60.8 cm³/mol. The first-order chi connectivity index (χ1) is 5.39. The van der Waals surface area contributed by atoms with E-state index >= 15 is 0 Å². The highest BCUT2D eigenvalue weighted by Crippen LogP contribution is 2.26. The molecule has 1 heterocycles. The molecule has 0 saturated carbocycles.